The highest BCUT2D eigenvalue weighted by Crippen LogP contribution is 2.38. The van der Waals surface area contributed by atoms with Crippen LogP contribution in [-0.2, 0) is 22.6 Å². The fourth-order valence-electron chi connectivity index (χ4n) is 3.80. The van der Waals surface area contributed by atoms with Crippen LogP contribution in [-0.4, -0.2) is 28.2 Å². The lowest BCUT2D eigenvalue weighted by molar-refractivity contribution is -0.133. The van der Waals surface area contributed by atoms with Crippen LogP contribution in [0.1, 0.15) is 18.5 Å². The van der Waals surface area contributed by atoms with Crippen LogP contribution in [0.15, 0.2) is 48.7 Å². The van der Waals surface area contributed by atoms with Gasteiger partial charge in [0.2, 0.25) is 6.79 Å². The van der Waals surface area contributed by atoms with Gasteiger partial charge in [0.25, 0.3) is 0 Å². The summed E-state index contributed by atoms with van der Waals surface area (Å²) >= 11 is 0. The van der Waals surface area contributed by atoms with Crippen molar-refractivity contribution >= 4 is 23.2 Å². The summed E-state index contributed by atoms with van der Waals surface area (Å²) in [6, 6.07) is 12.5. The number of carbonyl (C=O) groups is 2. The molecule has 8 heteroatoms. The fourth-order valence-corrected chi connectivity index (χ4v) is 3.80. The molecule has 152 valence electrons. The van der Waals surface area contributed by atoms with Gasteiger partial charge in [-0.05, 0) is 43.5 Å². The van der Waals surface area contributed by atoms with Crippen LogP contribution in [0.5, 0.6) is 11.5 Å². The molecule has 0 radical (unpaired) electrons. The minimum atomic E-state index is -0.789. The van der Waals surface area contributed by atoms with Gasteiger partial charge in [0, 0.05) is 29.7 Å². The Kier molecular flexibility index (Phi) is 4.59. The Labute approximate surface area is 172 Å². The molecule has 0 saturated carbocycles. The Hall–Kier alpha value is -3.81. The highest BCUT2D eigenvalue weighted by Gasteiger charge is 2.22. The topological polar surface area (TPSA) is 94.5 Å². The predicted octanol–water partition coefficient (Wildman–Crippen LogP) is 3.19. The molecule has 0 aliphatic carbocycles. The summed E-state index contributed by atoms with van der Waals surface area (Å²) in [7, 11) is 0. The van der Waals surface area contributed by atoms with Gasteiger partial charge in [0.15, 0.2) is 11.5 Å². The van der Waals surface area contributed by atoms with E-state index in [0.29, 0.717) is 22.9 Å². The second-order valence-corrected chi connectivity index (χ2v) is 7.21. The fraction of sp³-hybridized carbons (Fsp3) is 0.227. The summed E-state index contributed by atoms with van der Waals surface area (Å²) < 4.78 is 12.9. The minimum absolute atomic E-state index is 0.0820. The zero-order chi connectivity index (χ0) is 20.5. The smallest absolute Gasteiger partial charge is 0.314 e. The van der Waals surface area contributed by atoms with Gasteiger partial charge in [-0.15, -0.1) is 0 Å². The lowest BCUT2D eigenvalue weighted by Crippen LogP contribution is -2.29. The zero-order valence-corrected chi connectivity index (χ0v) is 16.2. The van der Waals surface area contributed by atoms with Gasteiger partial charge in [0.05, 0.1) is 5.69 Å². The molecule has 30 heavy (non-hydrogen) atoms. The van der Waals surface area contributed by atoms with Crippen LogP contribution in [0.25, 0.3) is 11.4 Å². The number of nitrogens with one attached hydrogen (secondary N) is 2. The van der Waals surface area contributed by atoms with Crippen molar-refractivity contribution in [3.63, 3.8) is 0 Å². The van der Waals surface area contributed by atoms with Gasteiger partial charge in [0.1, 0.15) is 5.82 Å². The molecule has 0 spiro atoms. The maximum atomic E-state index is 12.4. The Morgan fingerprint density at radius 3 is 2.80 bits per heavy atom. The van der Waals surface area contributed by atoms with E-state index in [9.17, 15) is 9.59 Å². The predicted molar refractivity (Wildman–Crippen MR) is 110 cm³/mol. The van der Waals surface area contributed by atoms with Gasteiger partial charge in [-0.25, -0.2) is 4.98 Å². The van der Waals surface area contributed by atoms with Crippen molar-refractivity contribution in [2.75, 3.05) is 17.4 Å². The van der Waals surface area contributed by atoms with Crippen LogP contribution in [0, 0.1) is 0 Å². The molecular weight excluding hydrogens is 384 g/mol. The van der Waals surface area contributed by atoms with E-state index >= 15 is 0 Å². The number of anilines is 2. The Bertz CT molecular complexity index is 1140. The third-order valence-electron chi connectivity index (χ3n) is 5.23. The molecule has 3 aromatic rings. The summed E-state index contributed by atoms with van der Waals surface area (Å²) in [5, 5.41) is 5.22. The largest absolute Gasteiger partial charge is 0.454 e. The molecule has 0 unspecified atom stereocenters. The van der Waals surface area contributed by atoms with E-state index in [1.54, 1.807) is 24.3 Å². The highest BCUT2D eigenvalue weighted by molar-refractivity contribution is 6.43. The lowest BCUT2D eigenvalue weighted by Gasteiger charge is -2.17. The summed E-state index contributed by atoms with van der Waals surface area (Å²) in [6.45, 7) is 1.02. The molecule has 2 aliphatic rings. The molecule has 0 bridgehead atoms. The van der Waals surface area contributed by atoms with Crippen molar-refractivity contribution in [3.8, 4) is 22.9 Å². The number of amides is 2. The molecule has 0 fully saturated rings. The number of para-hydroxylation sites is 1. The van der Waals surface area contributed by atoms with Crippen molar-refractivity contribution in [2.45, 2.75) is 25.8 Å². The van der Waals surface area contributed by atoms with Crippen molar-refractivity contribution in [1.82, 2.24) is 9.55 Å². The quantitative estimate of drug-likeness (QED) is 0.654. The van der Waals surface area contributed by atoms with Crippen LogP contribution < -0.4 is 20.1 Å². The third kappa shape index (κ3) is 3.36. The van der Waals surface area contributed by atoms with Gasteiger partial charge < -0.3 is 24.7 Å². The molecule has 1 aromatic heterocycles. The van der Waals surface area contributed by atoms with Crippen LogP contribution in [0.2, 0.25) is 0 Å². The first kappa shape index (κ1) is 18.2. The zero-order valence-electron chi connectivity index (χ0n) is 16.2. The van der Waals surface area contributed by atoms with E-state index in [1.807, 2.05) is 24.4 Å². The lowest BCUT2D eigenvalue weighted by atomic mass is 10.1. The number of imidazole rings is 1. The van der Waals surface area contributed by atoms with E-state index in [2.05, 4.69) is 20.2 Å². The molecule has 2 N–H and O–H groups in total. The molecule has 2 aliphatic heterocycles. The summed E-state index contributed by atoms with van der Waals surface area (Å²) in [5.74, 6) is 0.271. The molecule has 8 nitrogen and oxygen atoms in total. The Morgan fingerprint density at radius 1 is 1.00 bits per heavy atom. The van der Waals surface area contributed by atoms with Gasteiger partial charge in [-0.3, -0.25) is 9.59 Å². The van der Waals surface area contributed by atoms with Crippen molar-refractivity contribution in [3.05, 3.63) is 54.4 Å². The number of hydrogen-bond acceptors (Lipinski definition) is 5. The van der Waals surface area contributed by atoms with E-state index < -0.39 is 11.8 Å². The Morgan fingerprint density at radius 2 is 1.87 bits per heavy atom. The number of aryl methyl sites for hydroxylation is 1. The maximum absolute atomic E-state index is 12.4. The number of benzene rings is 2. The number of carbonyl (C=O) groups excluding carboxylic acids is 2. The van der Waals surface area contributed by atoms with Crippen LogP contribution in [0.3, 0.4) is 0 Å². The van der Waals surface area contributed by atoms with Gasteiger partial charge in [-0.2, -0.15) is 0 Å². The number of hydrogen-bond donors (Lipinski definition) is 2. The standard InChI is InChI=1S/C22H20N4O4/c27-21(22(28)25-17-8-4-9-18-19(17)30-13-29-18)24-15-6-3-5-14(11-15)20-23-12-16-7-1-2-10-26(16)20/h3-6,8-9,11-12H,1-2,7,10,13H2,(H,24,27)(H,25,28). The second-order valence-electron chi connectivity index (χ2n) is 7.21. The van der Waals surface area contributed by atoms with Gasteiger partial charge >= 0.3 is 11.8 Å². The van der Waals surface area contributed by atoms with E-state index in [-0.39, 0.29) is 6.79 Å². The molecule has 0 saturated heterocycles. The van der Waals surface area contributed by atoms with Gasteiger partial charge in [-0.1, -0.05) is 18.2 Å². The number of rotatable bonds is 3. The molecule has 3 heterocycles. The minimum Gasteiger partial charge on any atom is -0.454 e. The first-order valence-electron chi connectivity index (χ1n) is 9.85. The molecule has 0 atom stereocenters. The summed E-state index contributed by atoms with van der Waals surface area (Å²) in [5.41, 5.74) is 3.04. The van der Waals surface area contributed by atoms with Crippen molar-refractivity contribution in [1.29, 1.82) is 0 Å². The monoisotopic (exact) mass is 404 g/mol. The molecule has 5 rings (SSSR count). The summed E-state index contributed by atoms with van der Waals surface area (Å²) in [4.78, 5) is 29.4. The SMILES string of the molecule is O=C(Nc1cccc(-c2ncc3n2CCCC3)c1)C(=O)Nc1cccc2c1OCO2. The van der Waals surface area contributed by atoms with Crippen LogP contribution >= 0.6 is 0 Å². The number of aromatic nitrogens is 2. The highest BCUT2D eigenvalue weighted by atomic mass is 16.7. The molecule has 2 amide bonds. The molecule has 2 aromatic carbocycles. The number of fused-ring (bicyclic) bond motifs is 2. The first-order chi connectivity index (χ1) is 14.7. The number of ether oxygens (including phenoxy) is 2. The average molecular weight is 404 g/mol. The molecular formula is C22H20N4O4. The normalized spacial score (nSPS) is 14.1. The maximum Gasteiger partial charge on any atom is 0.314 e. The van der Waals surface area contributed by atoms with E-state index in [0.717, 1.165) is 30.8 Å². The van der Waals surface area contributed by atoms with Crippen LogP contribution in [0.4, 0.5) is 11.4 Å². The van der Waals surface area contributed by atoms with Crippen molar-refractivity contribution in [2.24, 2.45) is 0 Å². The third-order valence-corrected chi connectivity index (χ3v) is 5.23. The second kappa shape index (κ2) is 7.55. The average Bonchev–Trinajstić information content (AvgIpc) is 3.41. The van der Waals surface area contributed by atoms with Crippen molar-refractivity contribution < 1.29 is 19.1 Å². The van der Waals surface area contributed by atoms with E-state index in [4.69, 9.17) is 9.47 Å². The summed E-state index contributed by atoms with van der Waals surface area (Å²) in [6.07, 6.45) is 5.25. The van der Waals surface area contributed by atoms with E-state index in [1.165, 1.54) is 12.1 Å². The first-order valence-corrected chi connectivity index (χ1v) is 9.85. The number of nitrogens with zero attached hydrogens (tertiary/aromatic N) is 2. The Balaban J connectivity index is 1.31.